The molecule has 31 heavy (non-hydrogen) atoms. The number of amides is 1. The number of benzene rings is 2. The number of morpholine rings is 1. The lowest BCUT2D eigenvalue weighted by Crippen LogP contribution is -2.40. The number of carbonyl (C=O) groups excluding carboxylic acids is 1. The fourth-order valence-electron chi connectivity index (χ4n) is 3.11. The number of rotatable bonds is 7. The van der Waals surface area contributed by atoms with Crippen molar-refractivity contribution in [2.45, 2.75) is 4.90 Å². The van der Waals surface area contributed by atoms with E-state index in [4.69, 9.17) is 4.74 Å². The summed E-state index contributed by atoms with van der Waals surface area (Å²) in [4.78, 5) is 16.3. The molecule has 2 aromatic carbocycles. The monoisotopic (exact) mass is 442 g/mol. The van der Waals surface area contributed by atoms with E-state index in [1.54, 1.807) is 23.1 Å². The Bertz CT molecular complexity index is 1110. The van der Waals surface area contributed by atoms with Crippen molar-refractivity contribution in [3.63, 3.8) is 0 Å². The van der Waals surface area contributed by atoms with Gasteiger partial charge in [-0.15, -0.1) is 0 Å². The number of hydrogen-bond acceptors (Lipinski definition) is 7. The van der Waals surface area contributed by atoms with Crippen LogP contribution >= 0.6 is 0 Å². The van der Waals surface area contributed by atoms with Gasteiger partial charge >= 0.3 is 0 Å². The van der Waals surface area contributed by atoms with Crippen molar-refractivity contribution >= 4 is 27.3 Å². The second kappa shape index (κ2) is 9.25. The molecule has 0 spiro atoms. The highest BCUT2D eigenvalue weighted by Crippen LogP contribution is 2.19. The zero-order valence-corrected chi connectivity index (χ0v) is 17.5. The van der Waals surface area contributed by atoms with Gasteiger partial charge in [0, 0.05) is 24.5 Å². The molecule has 1 aromatic heterocycles. The molecule has 3 aromatic rings. The molecule has 2 N–H and O–H groups in total. The number of hydrogen-bond donors (Lipinski definition) is 2. The van der Waals surface area contributed by atoms with Gasteiger partial charge in [0.1, 0.15) is 12.7 Å². The molecule has 10 nitrogen and oxygen atoms in total. The van der Waals surface area contributed by atoms with E-state index in [2.05, 4.69) is 20.7 Å². The number of aromatic nitrogens is 3. The van der Waals surface area contributed by atoms with Crippen molar-refractivity contribution in [2.75, 3.05) is 43.5 Å². The third kappa shape index (κ3) is 5.08. The van der Waals surface area contributed by atoms with Gasteiger partial charge < -0.3 is 15.4 Å². The molecule has 1 aliphatic rings. The molecule has 0 aliphatic carbocycles. The van der Waals surface area contributed by atoms with Gasteiger partial charge in [-0.25, -0.2) is 18.1 Å². The summed E-state index contributed by atoms with van der Waals surface area (Å²) >= 11 is 0. The highest BCUT2D eigenvalue weighted by Gasteiger charge is 2.26. The van der Waals surface area contributed by atoms with Crippen LogP contribution in [0.15, 0.2) is 66.1 Å². The van der Waals surface area contributed by atoms with Crippen LogP contribution in [0.1, 0.15) is 0 Å². The van der Waals surface area contributed by atoms with Crippen LogP contribution in [0.2, 0.25) is 0 Å². The summed E-state index contributed by atoms with van der Waals surface area (Å²) in [7, 11) is -3.56. The van der Waals surface area contributed by atoms with Gasteiger partial charge in [0.15, 0.2) is 0 Å². The van der Waals surface area contributed by atoms with E-state index in [-0.39, 0.29) is 17.3 Å². The van der Waals surface area contributed by atoms with Gasteiger partial charge in [-0.3, -0.25) is 4.79 Å². The molecule has 0 radical (unpaired) electrons. The SMILES string of the molecule is O=C(CNc1ccc(-n2cncn2)cc1)Nc1ccc(S(=O)(=O)N2CCOCC2)cc1. The Hall–Kier alpha value is -3.28. The largest absolute Gasteiger partial charge is 0.379 e. The number of nitrogens with zero attached hydrogens (tertiary/aromatic N) is 4. The Morgan fingerprint density at radius 3 is 2.32 bits per heavy atom. The maximum atomic E-state index is 12.6. The highest BCUT2D eigenvalue weighted by atomic mass is 32.2. The van der Waals surface area contributed by atoms with Crippen LogP contribution in [0, 0.1) is 0 Å². The molecule has 0 bridgehead atoms. The van der Waals surface area contributed by atoms with Crippen molar-refractivity contribution < 1.29 is 17.9 Å². The summed E-state index contributed by atoms with van der Waals surface area (Å²) < 4.78 is 33.5. The fraction of sp³-hybridized carbons (Fsp3) is 0.250. The number of carbonyl (C=O) groups is 1. The van der Waals surface area contributed by atoms with Gasteiger partial charge in [0.25, 0.3) is 0 Å². The molecule has 1 fully saturated rings. The summed E-state index contributed by atoms with van der Waals surface area (Å²) in [5.41, 5.74) is 2.17. The Morgan fingerprint density at radius 2 is 1.68 bits per heavy atom. The zero-order valence-electron chi connectivity index (χ0n) is 16.6. The molecule has 11 heteroatoms. The van der Waals surface area contributed by atoms with Gasteiger partial charge in [0.2, 0.25) is 15.9 Å². The lowest BCUT2D eigenvalue weighted by molar-refractivity contribution is -0.114. The van der Waals surface area contributed by atoms with Gasteiger partial charge in [0.05, 0.1) is 30.3 Å². The average molecular weight is 443 g/mol. The second-order valence-electron chi connectivity index (χ2n) is 6.83. The summed E-state index contributed by atoms with van der Waals surface area (Å²) in [6.07, 6.45) is 3.06. The van der Waals surface area contributed by atoms with Gasteiger partial charge in [-0.05, 0) is 48.5 Å². The number of ether oxygens (including phenoxy) is 1. The molecule has 1 saturated heterocycles. The summed E-state index contributed by atoms with van der Waals surface area (Å²) in [6.45, 7) is 1.53. The normalized spacial score (nSPS) is 14.8. The second-order valence-corrected chi connectivity index (χ2v) is 8.77. The zero-order chi connectivity index (χ0) is 21.7. The van der Waals surface area contributed by atoms with Crippen LogP contribution < -0.4 is 10.6 Å². The summed E-state index contributed by atoms with van der Waals surface area (Å²) in [6, 6.07) is 13.6. The van der Waals surface area contributed by atoms with E-state index in [1.165, 1.54) is 22.8 Å². The molecule has 0 saturated carbocycles. The summed E-state index contributed by atoms with van der Waals surface area (Å²) in [5, 5.41) is 9.86. The predicted molar refractivity (Wildman–Crippen MR) is 114 cm³/mol. The summed E-state index contributed by atoms with van der Waals surface area (Å²) in [5.74, 6) is -0.246. The van der Waals surface area contributed by atoms with Crippen molar-refractivity contribution in [1.82, 2.24) is 19.1 Å². The topological polar surface area (TPSA) is 118 Å². The molecular formula is C20H22N6O4S. The molecule has 1 aliphatic heterocycles. The van der Waals surface area contributed by atoms with Crippen molar-refractivity contribution in [3.05, 3.63) is 61.2 Å². The standard InChI is InChI=1S/C20H22N6O4S/c27-20(13-22-16-1-5-18(6-2-16)26-15-21-14-23-26)24-17-3-7-19(8-4-17)31(28,29)25-9-11-30-12-10-25/h1-8,14-15,22H,9-13H2,(H,24,27). The molecule has 2 heterocycles. The first-order valence-electron chi connectivity index (χ1n) is 9.69. The van der Waals surface area contributed by atoms with Crippen LogP contribution in [-0.2, 0) is 19.6 Å². The molecule has 4 rings (SSSR count). The highest BCUT2D eigenvalue weighted by molar-refractivity contribution is 7.89. The number of anilines is 2. The maximum Gasteiger partial charge on any atom is 0.243 e. The van der Waals surface area contributed by atoms with E-state index < -0.39 is 10.0 Å². The maximum absolute atomic E-state index is 12.6. The van der Waals surface area contributed by atoms with Crippen LogP contribution in [0.3, 0.4) is 0 Å². The minimum Gasteiger partial charge on any atom is -0.379 e. The van der Waals surface area contributed by atoms with Crippen molar-refractivity contribution in [2.24, 2.45) is 0 Å². The first-order chi connectivity index (χ1) is 15.0. The Morgan fingerprint density at radius 1 is 1.00 bits per heavy atom. The third-order valence-electron chi connectivity index (χ3n) is 4.75. The number of nitrogens with one attached hydrogen (secondary N) is 2. The smallest absolute Gasteiger partial charge is 0.243 e. The van der Waals surface area contributed by atoms with Crippen LogP contribution in [0.25, 0.3) is 5.69 Å². The van der Waals surface area contributed by atoms with Gasteiger partial charge in [-0.2, -0.15) is 9.40 Å². The van der Waals surface area contributed by atoms with Gasteiger partial charge in [-0.1, -0.05) is 0 Å². The van der Waals surface area contributed by atoms with Crippen LogP contribution in [0.5, 0.6) is 0 Å². The lowest BCUT2D eigenvalue weighted by atomic mass is 10.3. The van der Waals surface area contributed by atoms with E-state index in [0.29, 0.717) is 32.0 Å². The fourth-order valence-corrected chi connectivity index (χ4v) is 4.52. The van der Waals surface area contributed by atoms with E-state index in [0.717, 1.165) is 11.4 Å². The van der Waals surface area contributed by atoms with E-state index >= 15 is 0 Å². The first kappa shape index (κ1) is 21.0. The van der Waals surface area contributed by atoms with Crippen molar-refractivity contribution in [1.29, 1.82) is 0 Å². The number of sulfonamides is 1. The quantitative estimate of drug-likeness (QED) is 0.567. The Labute approximate surface area is 179 Å². The van der Waals surface area contributed by atoms with Crippen LogP contribution in [-0.4, -0.2) is 66.2 Å². The Kier molecular flexibility index (Phi) is 6.26. The molecule has 0 atom stereocenters. The average Bonchev–Trinajstić information content (AvgIpc) is 3.34. The van der Waals surface area contributed by atoms with E-state index in [9.17, 15) is 13.2 Å². The lowest BCUT2D eigenvalue weighted by Gasteiger charge is -2.26. The molecule has 1 amide bonds. The Balaban J connectivity index is 1.30. The first-order valence-corrected chi connectivity index (χ1v) is 11.1. The third-order valence-corrected chi connectivity index (χ3v) is 6.66. The minimum atomic E-state index is -3.56. The predicted octanol–water partition coefficient (Wildman–Crippen LogP) is 1.34. The minimum absolute atomic E-state index is 0.0660. The van der Waals surface area contributed by atoms with Crippen molar-refractivity contribution in [3.8, 4) is 5.69 Å². The molecule has 162 valence electrons. The molecule has 0 unspecified atom stereocenters. The molecular weight excluding hydrogens is 420 g/mol. The van der Waals surface area contributed by atoms with E-state index in [1.807, 2.05) is 24.3 Å². The van der Waals surface area contributed by atoms with Crippen LogP contribution in [0.4, 0.5) is 11.4 Å².